The second-order valence-electron chi connectivity index (χ2n) is 5.46. The van der Waals surface area contributed by atoms with Crippen molar-refractivity contribution in [2.75, 3.05) is 12.8 Å². The maximum atomic E-state index is 12.4. The van der Waals surface area contributed by atoms with Crippen LogP contribution in [0.5, 0.6) is 5.75 Å². The largest absolute Gasteiger partial charge is 0.508 e. The summed E-state index contributed by atoms with van der Waals surface area (Å²) in [6, 6.07) is 6.94. The molecule has 1 fully saturated rings. The zero-order chi connectivity index (χ0) is 15.0. The van der Waals surface area contributed by atoms with Crippen LogP contribution in [0.1, 0.15) is 40.5 Å². The van der Waals surface area contributed by atoms with Crippen molar-refractivity contribution in [3.63, 3.8) is 0 Å². The molecular formula is C15H18N4O2. The Hall–Kier alpha value is -2.50. The number of benzene rings is 1. The fourth-order valence-electron chi connectivity index (χ4n) is 2.36. The summed E-state index contributed by atoms with van der Waals surface area (Å²) in [6.07, 6.45) is 2.18. The first-order valence-corrected chi connectivity index (χ1v) is 6.94. The zero-order valence-corrected chi connectivity index (χ0v) is 11.8. The fraction of sp³-hybridized carbons (Fsp3) is 0.333. The van der Waals surface area contributed by atoms with Crippen molar-refractivity contribution >= 4 is 11.6 Å². The highest BCUT2D eigenvalue weighted by Crippen LogP contribution is 2.42. The quantitative estimate of drug-likeness (QED) is 0.799. The number of hydrogen-bond acceptors (Lipinski definition) is 4. The number of nitrogens with zero attached hydrogens (tertiary/aromatic N) is 2. The number of hydrogen-bond donors (Lipinski definition) is 3. The SMILES string of the molecule is CN(Cc1ccccc1O)C(=O)c1n[nH]c(C2CC2)c1N. The molecule has 1 aliphatic rings. The van der Waals surface area contributed by atoms with Crippen LogP contribution in [0.15, 0.2) is 24.3 Å². The Balaban J connectivity index is 1.77. The summed E-state index contributed by atoms with van der Waals surface area (Å²) < 4.78 is 0. The first-order valence-electron chi connectivity index (χ1n) is 6.94. The van der Waals surface area contributed by atoms with E-state index in [4.69, 9.17) is 5.73 Å². The number of aromatic nitrogens is 2. The van der Waals surface area contributed by atoms with Gasteiger partial charge in [-0.2, -0.15) is 5.10 Å². The standard InChI is InChI=1S/C15H18N4O2/c1-19(8-10-4-2-3-5-11(10)20)15(21)14-12(16)13(17-18-14)9-6-7-9/h2-5,9,20H,6-8,16H2,1H3,(H,17,18). The highest BCUT2D eigenvalue weighted by atomic mass is 16.3. The van der Waals surface area contributed by atoms with E-state index in [0.717, 1.165) is 18.5 Å². The van der Waals surface area contributed by atoms with Crippen molar-refractivity contribution in [2.45, 2.75) is 25.3 Å². The molecule has 6 nitrogen and oxygen atoms in total. The molecule has 0 saturated heterocycles. The van der Waals surface area contributed by atoms with Crippen LogP contribution in [-0.4, -0.2) is 33.2 Å². The first-order chi connectivity index (χ1) is 10.1. The van der Waals surface area contributed by atoms with Gasteiger partial charge in [0, 0.05) is 25.1 Å². The van der Waals surface area contributed by atoms with Crippen molar-refractivity contribution in [3.05, 3.63) is 41.2 Å². The summed E-state index contributed by atoms with van der Waals surface area (Å²) in [6.45, 7) is 0.302. The van der Waals surface area contributed by atoms with Crippen molar-refractivity contribution in [1.82, 2.24) is 15.1 Å². The summed E-state index contributed by atoms with van der Waals surface area (Å²) in [5.74, 6) is 0.340. The molecule has 0 unspecified atom stereocenters. The molecule has 3 rings (SSSR count). The molecule has 0 bridgehead atoms. The maximum absolute atomic E-state index is 12.4. The van der Waals surface area contributed by atoms with Gasteiger partial charge in [-0.15, -0.1) is 0 Å². The minimum atomic E-state index is -0.251. The number of aromatic hydroxyl groups is 1. The Bertz CT molecular complexity index is 676. The summed E-state index contributed by atoms with van der Waals surface area (Å²) >= 11 is 0. The molecule has 0 spiro atoms. The second-order valence-corrected chi connectivity index (χ2v) is 5.46. The third kappa shape index (κ3) is 2.56. The van der Waals surface area contributed by atoms with E-state index in [1.54, 1.807) is 25.2 Å². The first kappa shape index (κ1) is 13.5. The van der Waals surface area contributed by atoms with E-state index in [9.17, 15) is 9.90 Å². The third-order valence-electron chi connectivity index (χ3n) is 3.77. The molecule has 2 aromatic rings. The molecule has 1 aliphatic carbocycles. The predicted molar refractivity (Wildman–Crippen MR) is 78.9 cm³/mol. The van der Waals surface area contributed by atoms with Crippen LogP contribution in [0, 0.1) is 0 Å². The molecule has 0 aliphatic heterocycles. The topological polar surface area (TPSA) is 95.2 Å². The number of carbonyl (C=O) groups is 1. The number of nitrogen functional groups attached to an aromatic ring is 1. The summed E-state index contributed by atoms with van der Waals surface area (Å²) in [7, 11) is 1.67. The molecule has 1 aromatic carbocycles. The molecular weight excluding hydrogens is 268 g/mol. The van der Waals surface area contributed by atoms with E-state index in [1.807, 2.05) is 6.07 Å². The number of phenolic OH excluding ortho intramolecular Hbond substituents is 1. The number of H-pyrrole nitrogens is 1. The molecule has 1 aromatic heterocycles. The number of para-hydroxylation sites is 1. The Labute approximate surface area is 122 Å². The summed E-state index contributed by atoms with van der Waals surface area (Å²) in [5.41, 5.74) is 8.28. The summed E-state index contributed by atoms with van der Waals surface area (Å²) in [4.78, 5) is 13.9. The van der Waals surface area contributed by atoms with Gasteiger partial charge >= 0.3 is 0 Å². The minimum absolute atomic E-state index is 0.172. The van der Waals surface area contributed by atoms with Crippen LogP contribution in [0.4, 0.5) is 5.69 Å². The molecule has 21 heavy (non-hydrogen) atoms. The Kier molecular flexibility index (Phi) is 3.29. The van der Waals surface area contributed by atoms with Gasteiger partial charge in [0.2, 0.25) is 0 Å². The van der Waals surface area contributed by atoms with E-state index < -0.39 is 0 Å². The number of carbonyl (C=O) groups excluding carboxylic acids is 1. The lowest BCUT2D eigenvalue weighted by Gasteiger charge is -2.17. The predicted octanol–water partition coefficient (Wildman–Crippen LogP) is 1.85. The minimum Gasteiger partial charge on any atom is -0.508 e. The van der Waals surface area contributed by atoms with E-state index in [2.05, 4.69) is 10.2 Å². The van der Waals surface area contributed by atoms with Crippen LogP contribution in [-0.2, 0) is 6.54 Å². The van der Waals surface area contributed by atoms with Crippen LogP contribution in [0.2, 0.25) is 0 Å². The fourth-order valence-corrected chi connectivity index (χ4v) is 2.36. The van der Waals surface area contributed by atoms with Gasteiger partial charge < -0.3 is 15.7 Å². The molecule has 1 amide bonds. The van der Waals surface area contributed by atoms with Crippen LogP contribution >= 0.6 is 0 Å². The van der Waals surface area contributed by atoms with Crippen molar-refractivity contribution in [2.24, 2.45) is 0 Å². The molecule has 1 heterocycles. The summed E-state index contributed by atoms with van der Waals surface area (Å²) in [5, 5.41) is 16.7. The zero-order valence-electron chi connectivity index (χ0n) is 11.8. The number of rotatable bonds is 4. The van der Waals surface area contributed by atoms with Crippen molar-refractivity contribution in [3.8, 4) is 5.75 Å². The molecule has 6 heteroatoms. The Morgan fingerprint density at radius 2 is 2.19 bits per heavy atom. The Morgan fingerprint density at radius 1 is 1.48 bits per heavy atom. The van der Waals surface area contributed by atoms with Crippen LogP contribution < -0.4 is 5.73 Å². The molecule has 1 saturated carbocycles. The number of phenols is 1. The maximum Gasteiger partial charge on any atom is 0.276 e. The molecule has 4 N–H and O–H groups in total. The number of anilines is 1. The van der Waals surface area contributed by atoms with E-state index in [-0.39, 0.29) is 17.4 Å². The van der Waals surface area contributed by atoms with Crippen molar-refractivity contribution < 1.29 is 9.90 Å². The normalized spacial score (nSPS) is 14.1. The number of amides is 1. The highest BCUT2D eigenvalue weighted by molar-refractivity contribution is 5.97. The highest BCUT2D eigenvalue weighted by Gasteiger charge is 2.31. The lowest BCUT2D eigenvalue weighted by atomic mass is 10.1. The number of nitrogens with one attached hydrogen (secondary N) is 1. The Morgan fingerprint density at radius 3 is 2.86 bits per heavy atom. The van der Waals surface area contributed by atoms with Gasteiger partial charge in [0.25, 0.3) is 5.91 Å². The second kappa shape index (κ2) is 5.12. The van der Waals surface area contributed by atoms with Gasteiger partial charge in [0.1, 0.15) is 5.75 Å². The van der Waals surface area contributed by atoms with E-state index in [0.29, 0.717) is 23.7 Å². The van der Waals surface area contributed by atoms with Gasteiger partial charge in [0.05, 0.1) is 11.4 Å². The van der Waals surface area contributed by atoms with Crippen LogP contribution in [0.25, 0.3) is 0 Å². The van der Waals surface area contributed by atoms with Gasteiger partial charge in [-0.05, 0) is 18.9 Å². The third-order valence-corrected chi connectivity index (χ3v) is 3.77. The molecule has 110 valence electrons. The van der Waals surface area contributed by atoms with Gasteiger partial charge in [0.15, 0.2) is 5.69 Å². The average Bonchev–Trinajstić information content (AvgIpc) is 3.24. The monoisotopic (exact) mass is 286 g/mol. The van der Waals surface area contributed by atoms with E-state index >= 15 is 0 Å². The molecule has 0 atom stereocenters. The van der Waals surface area contributed by atoms with Crippen molar-refractivity contribution in [1.29, 1.82) is 0 Å². The van der Waals surface area contributed by atoms with Gasteiger partial charge in [-0.1, -0.05) is 18.2 Å². The lowest BCUT2D eigenvalue weighted by Crippen LogP contribution is -2.27. The smallest absolute Gasteiger partial charge is 0.276 e. The molecule has 0 radical (unpaired) electrons. The lowest BCUT2D eigenvalue weighted by molar-refractivity contribution is 0.0779. The van der Waals surface area contributed by atoms with E-state index in [1.165, 1.54) is 4.90 Å². The number of nitrogens with two attached hydrogens (primary N) is 1. The number of aromatic amines is 1. The average molecular weight is 286 g/mol. The van der Waals surface area contributed by atoms with Gasteiger partial charge in [-0.25, -0.2) is 0 Å². The van der Waals surface area contributed by atoms with Crippen LogP contribution in [0.3, 0.4) is 0 Å². The van der Waals surface area contributed by atoms with Gasteiger partial charge in [-0.3, -0.25) is 9.89 Å².